The Bertz CT molecular complexity index is 523. The average molecular weight is 308 g/mol. The summed E-state index contributed by atoms with van der Waals surface area (Å²) in [6, 6.07) is 0. The van der Waals surface area contributed by atoms with Gasteiger partial charge in [-0.25, -0.2) is 4.79 Å². The van der Waals surface area contributed by atoms with Crippen LogP contribution in [0.3, 0.4) is 0 Å². The minimum atomic E-state index is -0.938. The van der Waals surface area contributed by atoms with Crippen LogP contribution in [0, 0.1) is 23.7 Å². The first-order valence-electron chi connectivity index (χ1n) is 8.01. The predicted octanol–water partition coefficient (Wildman–Crippen LogP) is 1.83. The molecule has 0 amide bonds. The van der Waals surface area contributed by atoms with E-state index in [1.807, 2.05) is 6.92 Å². The summed E-state index contributed by atoms with van der Waals surface area (Å²) in [5, 5.41) is 11.0. The third-order valence-electron chi connectivity index (χ3n) is 5.83. The molecule has 0 spiro atoms. The van der Waals surface area contributed by atoms with Crippen molar-refractivity contribution in [2.45, 2.75) is 57.8 Å². The zero-order valence-electron chi connectivity index (χ0n) is 13.4. The van der Waals surface area contributed by atoms with E-state index in [4.69, 9.17) is 9.47 Å². The Hall–Kier alpha value is -1.36. The van der Waals surface area contributed by atoms with Gasteiger partial charge in [0.2, 0.25) is 0 Å². The van der Waals surface area contributed by atoms with Crippen LogP contribution in [0.1, 0.15) is 40.0 Å². The van der Waals surface area contributed by atoms with E-state index >= 15 is 0 Å². The summed E-state index contributed by atoms with van der Waals surface area (Å²) in [5.41, 5.74) is -0.571. The molecule has 2 aliphatic carbocycles. The summed E-state index contributed by atoms with van der Waals surface area (Å²) < 4.78 is 11.1. The first kappa shape index (κ1) is 15.5. The highest BCUT2D eigenvalue weighted by Gasteiger charge is 2.60. The van der Waals surface area contributed by atoms with E-state index in [-0.39, 0.29) is 23.9 Å². The molecule has 5 nitrogen and oxygen atoms in total. The number of carbonyl (C=O) groups excluding carboxylic acids is 2. The fourth-order valence-corrected chi connectivity index (χ4v) is 4.88. The number of rotatable bonds is 1. The third-order valence-corrected chi connectivity index (χ3v) is 5.83. The second-order valence-corrected chi connectivity index (χ2v) is 7.37. The van der Waals surface area contributed by atoms with Crippen LogP contribution < -0.4 is 0 Å². The van der Waals surface area contributed by atoms with Gasteiger partial charge < -0.3 is 14.6 Å². The molecule has 5 heteroatoms. The van der Waals surface area contributed by atoms with E-state index in [2.05, 4.69) is 13.5 Å². The van der Waals surface area contributed by atoms with Crippen molar-refractivity contribution in [2.75, 3.05) is 0 Å². The Balaban J connectivity index is 2.03. The Morgan fingerprint density at radius 1 is 1.45 bits per heavy atom. The van der Waals surface area contributed by atoms with Crippen molar-refractivity contribution >= 4 is 11.9 Å². The first-order chi connectivity index (χ1) is 10.2. The van der Waals surface area contributed by atoms with Gasteiger partial charge in [0.05, 0.1) is 11.5 Å². The molecular weight excluding hydrogens is 284 g/mol. The smallest absolute Gasteiger partial charge is 0.334 e. The summed E-state index contributed by atoms with van der Waals surface area (Å²) in [4.78, 5) is 23.5. The molecule has 0 aromatic carbocycles. The number of fused-ring (bicyclic) bond motifs is 3. The second kappa shape index (κ2) is 5.08. The summed E-state index contributed by atoms with van der Waals surface area (Å²) in [6.45, 7) is 9.15. The van der Waals surface area contributed by atoms with Crippen LogP contribution in [0.15, 0.2) is 12.2 Å². The molecule has 2 saturated carbocycles. The van der Waals surface area contributed by atoms with Crippen molar-refractivity contribution in [1.29, 1.82) is 0 Å². The third kappa shape index (κ3) is 2.26. The quantitative estimate of drug-likeness (QED) is 0.591. The lowest BCUT2D eigenvalue weighted by atomic mass is 9.76. The van der Waals surface area contributed by atoms with Gasteiger partial charge in [-0.2, -0.15) is 0 Å². The van der Waals surface area contributed by atoms with Gasteiger partial charge >= 0.3 is 11.9 Å². The number of esters is 2. The zero-order chi connectivity index (χ0) is 16.2. The molecule has 0 aromatic rings. The molecule has 1 saturated heterocycles. The van der Waals surface area contributed by atoms with Gasteiger partial charge in [-0.3, -0.25) is 4.79 Å². The highest BCUT2D eigenvalue weighted by Crippen LogP contribution is 2.54. The largest absolute Gasteiger partial charge is 0.462 e. The summed E-state index contributed by atoms with van der Waals surface area (Å²) >= 11 is 0. The van der Waals surface area contributed by atoms with Crippen molar-refractivity contribution < 1.29 is 24.2 Å². The minimum Gasteiger partial charge on any atom is -0.462 e. The second-order valence-electron chi connectivity index (χ2n) is 7.37. The van der Waals surface area contributed by atoms with Crippen molar-refractivity contribution in [3.8, 4) is 0 Å². The van der Waals surface area contributed by atoms with E-state index in [1.54, 1.807) is 0 Å². The summed E-state index contributed by atoms with van der Waals surface area (Å²) in [5.74, 6) is -0.659. The zero-order valence-corrected chi connectivity index (χ0v) is 13.4. The first-order valence-corrected chi connectivity index (χ1v) is 8.01. The van der Waals surface area contributed by atoms with E-state index in [0.717, 1.165) is 12.8 Å². The monoisotopic (exact) mass is 308 g/mol. The van der Waals surface area contributed by atoms with Crippen LogP contribution in [-0.2, 0) is 19.1 Å². The Labute approximate surface area is 130 Å². The predicted molar refractivity (Wildman–Crippen MR) is 78.7 cm³/mol. The SMILES string of the molecule is C=C1C(=O)OC2C1C(OC(C)=O)CC(C)(O)C1CCC(C)C21. The van der Waals surface area contributed by atoms with Crippen molar-refractivity contribution in [3.05, 3.63) is 12.2 Å². The lowest BCUT2D eigenvalue weighted by molar-refractivity contribution is -0.152. The molecule has 0 aromatic heterocycles. The molecule has 122 valence electrons. The average Bonchev–Trinajstić information content (AvgIpc) is 2.87. The van der Waals surface area contributed by atoms with Gasteiger partial charge in [0.15, 0.2) is 0 Å². The van der Waals surface area contributed by atoms with Gasteiger partial charge in [0.1, 0.15) is 12.2 Å². The summed E-state index contributed by atoms with van der Waals surface area (Å²) in [7, 11) is 0. The van der Waals surface area contributed by atoms with Crippen LogP contribution in [0.2, 0.25) is 0 Å². The van der Waals surface area contributed by atoms with Gasteiger partial charge in [0, 0.05) is 24.8 Å². The van der Waals surface area contributed by atoms with Crippen molar-refractivity contribution in [2.24, 2.45) is 23.7 Å². The number of hydrogen-bond acceptors (Lipinski definition) is 5. The highest BCUT2D eigenvalue weighted by atomic mass is 16.6. The maximum atomic E-state index is 12.0. The molecule has 22 heavy (non-hydrogen) atoms. The topological polar surface area (TPSA) is 72.8 Å². The molecule has 1 N–H and O–H groups in total. The molecule has 1 aliphatic heterocycles. The van der Waals surface area contributed by atoms with E-state index in [9.17, 15) is 14.7 Å². The molecular formula is C17H24O5. The van der Waals surface area contributed by atoms with Crippen LogP contribution >= 0.6 is 0 Å². The van der Waals surface area contributed by atoms with Gasteiger partial charge in [-0.05, 0) is 31.6 Å². The Kier molecular flexibility index (Phi) is 3.59. The van der Waals surface area contributed by atoms with E-state index < -0.39 is 23.6 Å². The fraction of sp³-hybridized carbons (Fsp3) is 0.765. The number of aliphatic hydroxyl groups is 1. The lowest BCUT2D eigenvalue weighted by Gasteiger charge is -2.35. The normalized spacial score (nSPS) is 47.5. The molecule has 1 heterocycles. The standard InChI is InChI=1S/C17H24O5/c1-8-5-6-11-13(8)15-14(9(2)16(19)22-15)12(21-10(3)18)7-17(11,4)20/h8,11-15,20H,2,5-7H2,1,3-4H3. The molecule has 0 radical (unpaired) electrons. The van der Waals surface area contributed by atoms with Crippen LogP contribution in [0.25, 0.3) is 0 Å². The molecule has 3 rings (SSSR count). The fourth-order valence-electron chi connectivity index (χ4n) is 4.88. The number of hydrogen-bond donors (Lipinski definition) is 1. The maximum absolute atomic E-state index is 12.0. The molecule has 7 unspecified atom stereocenters. The van der Waals surface area contributed by atoms with Crippen molar-refractivity contribution in [3.63, 3.8) is 0 Å². The van der Waals surface area contributed by atoms with E-state index in [1.165, 1.54) is 6.92 Å². The van der Waals surface area contributed by atoms with E-state index in [0.29, 0.717) is 17.9 Å². The van der Waals surface area contributed by atoms with Crippen LogP contribution in [-0.4, -0.2) is 34.9 Å². The number of carbonyl (C=O) groups is 2. The van der Waals surface area contributed by atoms with Crippen molar-refractivity contribution in [1.82, 2.24) is 0 Å². The van der Waals surface area contributed by atoms with Crippen LogP contribution in [0.5, 0.6) is 0 Å². The summed E-state index contributed by atoms with van der Waals surface area (Å²) in [6.07, 6.45) is 1.32. The lowest BCUT2D eigenvalue weighted by Crippen LogP contribution is -2.40. The van der Waals surface area contributed by atoms with Gasteiger partial charge in [-0.15, -0.1) is 0 Å². The Morgan fingerprint density at radius 2 is 2.14 bits per heavy atom. The van der Waals surface area contributed by atoms with Crippen LogP contribution in [0.4, 0.5) is 0 Å². The minimum absolute atomic E-state index is 0.0502. The molecule has 7 atom stereocenters. The Morgan fingerprint density at radius 3 is 2.77 bits per heavy atom. The van der Waals surface area contributed by atoms with Gasteiger partial charge in [0.25, 0.3) is 0 Å². The maximum Gasteiger partial charge on any atom is 0.334 e. The number of ether oxygens (including phenoxy) is 2. The molecule has 3 fully saturated rings. The molecule has 3 aliphatic rings. The highest BCUT2D eigenvalue weighted by molar-refractivity contribution is 5.91. The molecule has 0 bridgehead atoms. The van der Waals surface area contributed by atoms with Gasteiger partial charge in [-0.1, -0.05) is 13.5 Å².